The van der Waals surface area contributed by atoms with Crippen LogP contribution in [0.5, 0.6) is 0 Å². The molecule has 2 fully saturated rings. The molecule has 0 aromatic rings. The van der Waals surface area contributed by atoms with Crippen molar-refractivity contribution >= 4 is 5.96 Å². The van der Waals surface area contributed by atoms with Crippen LogP contribution in [0.1, 0.15) is 33.6 Å². The molecule has 0 spiro atoms. The topological polar surface area (TPSA) is 52.1 Å². The van der Waals surface area contributed by atoms with Crippen molar-refractivity contribution in [2.75, 3.05) is 59.5 Å². The van der Waals surface area contributed by atoms with E-state index in [1.54, 1.807) is 0 Å². The van der Waals surface area contributed by atoms with Crippen LogP contribution in [0, 0.1) is 5.92 Å². The Kier molecular flexibility index (Phi) is 8.29. The van der Waals surface area contributed by atoms with E-state index in [1.165, 1.54) is 19.4 Å². The van der Waals surface area contributed by atoms with Crippen LogP contribution in [-0.2, 0) is 4.74 Å². The molecule has 0 amide bonds. The summed E-state index contributed by atoms with van der Waals surface area (Å²) in [6, 6.07) is 1.12. The van der Waals surface area contributed by atoms with Gasteiger partial charge >= 0.3 is 0 Å². The summed E-state index contributed by atoms with van der Waals surface area (Å²) >= 11 is 0. The van der Waals surface area contributed by atoms with Gasteiger partial charge in [0.05, 0.1) is 19.8 Å². The van der Waals surface area contributed by atoms with E-state index in [-0.39, 0.29) is 0 Å². The van der Waals surface area contributed by atoms with Crippen LogP contribution in [0.4, 0.5) is 0 Å². The second-order valence-corrected chi connectivity index (χ2v) is 7.34. The molecule has 6 heteroatoms. The summed E-state index contributed by atoms with van der Waals surface area (Å²) in [5, 5.41) is 6.94. The van der Waals surface area contributed by atoms with E-state index in [9.17, 15) is 0 Å². The molecule has 6 nitrogen and oxygen atoms in total. The number of likely N-dealkylation sites (N-methyl/N-ethyl adjacent to an activating group) is 1. The maximum atomic E-state index is 5.49. The lowest BCUT2D eigenvalue weighted by Crippen LogP contribution is -2.48. The molecule has 2 saturated heterocycles. The maximum Gasteiger partial charge on any atom is 0.191 e. The van der Waals surface area contributed by atoms with E-state index in [0.717, 1.165) is 51.9 Å². The molecule has 0 bridgehead atoms. The lowest BCUT2D eigenvalue weighted by molar-refractivity contribution is 0.00867. The second-order valence-electron chi connectivity index (χ2n) is 7.34. The number of guanidine groups is 1. The highest BCUT2D eigenvalue weighted by Crippen LogP contribution is 2.14. The highest BCUT2D eigenvalue weighted by atomic mass is 16.5. The quantitative estimate of drug-likeness (QED) is 0.535. The van der Waals surface area contributed by atoms with Crippen LogP contribution < -0.4 is 10.6 Å². The summed E-state index contributed by atoms with van der Waals surface area (Å²) in [6.07, 6.45) is 2.59. The molecule has 2 heterocycles. The van der Waals surface area contributed by atoms with E-state index in [4.69, 9.17) is 9.73 Å². The van der Waals surface area contributed by atoms with Gasteiger partial charge in [0.15, 0.2) is 5.96 Å². The Morgan fingerprint density at radius 1 is 1.21 bits per heavy atom. The summed E-state index contributed by atoms with van der Waals surface area (Å²) in [6.45, 7) is 14.4. The number of hydrogen-bond donors (Lipinski definition) is 2. The Balaban J connectivity index is 1.89. The van der Waals surface area contributed by atoms with E-state index >= 15 is 0 Å². The molecule has 2 aliphatic rings. The molecule has 140 valence electrons. The summed E-state index contributed by atoms with van der Waals surface area (Å²) in [5.41, 5.74) is 0. The molecular weight excluding hydrogens is 302 g/mol. The van der Waals surface area contributed by atoms with Crippen molar-refractivity contribution < 1.29 is 4.74 Å². The van der Waals surface area contributed by atoms with E-state index < -0.39 is 0 Å². The Labute approximate surface area is 148 Å². The summed E-state index contributed by atoms with van der Waals surface area (Å²) in [7, 11) is 2.22. The first kappa shape index (κ1) is 19.5. The third-order valence-electron chi connectivity index (χ3n) is 5.24. The molecule has 2 atom stereocenters. The third kappa shape index (κ3) is 5.90. The lowest BCUT2D eigenvalue weighted by Gasteiger charge is -2.36. The number of rotatable bonds is 7. The van der Waals surface area contributed by atoms with Crippen LogP contribution in [0.25, 0.3) is 0 Å². The first-order chi connectivity index (χ1) is 11.6. The van der Waals surface area contributed by atoms with Gasteiger partial charge in [-0.05, 0) is 39.3 Å². The SMILES string of the molecule is CCNC(=NCC(C(C)C)N1CCOCC1)NCC1CCCN1C. The van der Waals surface area contributed by atoms with Gasteiger partial charge < -0.3 is 20.3 Å². The van der Waals surface area contributed by atoms with Crippen molar-refractivity contribution in [3.05, 3.63) is 0 Å². The first-order valence-electron chi connectivity index (χ1n) is 9.66. The largest absolute Gasteiger partial charge is 0.379 e. The average Bonchev–Trinajstić information content (AvgIpc) is 2.98. The minimum Gasteiger partial charge on any atom is -0.379 e. The maximum absolute atomic E-state index is 5.49. The molecule has 2 aliphatic heterocycles. The van der Waals surface area contributed by atoms with Gasteiger partial charge in [-0.25, -0.2) is 0 Å². The molecule has 0 aromatic carbocycles. The Bertz CT molecular complexity index is 382. The third-order valence-corrected chi connectivity index (χ3v) is 5.24. The predicted octanol–water partition coefficient (Wildman–Crippen LogP) is 0.993. The molecule has 2 N–H and O–H groups in total. The number of aliphatic imine (C=N–C) groups is 1. The number of nitrogens with zero attached hydrogens (tertiary/aromatic N) is 3. The van der Waals surface area contributed by atoms with Crippen molar-refractivity contribution in [1.82, 2.24) is 20.4 Å². The Hall–Kier alpha value is -0.850. The molecular formula is C18H37N5O. The summed E-state index contributed by atoms with van der Waals surface area (Å²) in [4.78, 5) is 9.87. The minimum atomic E-state index is 0.485. The van der Waals surface area contributed by atoms with E-state index in [1.807, 2.05) is 0 Å². The zero-order chi connectivity index (χ0) is 17.4. The summed E-state index contributed by atoms with van der Waals surface area (Å²) in [5.74, 6) is 1.55. The van der Waals surface area contributed by atoms with Gasteiger partial charge in [0.2, 0.25) is 0 Å². The Morgan fingerprint density at radius 2 is 1.96 bits per heavy atom. The average molecular weight is 340 g/mol. The number of nitrogens with one attached hydrogen (secondary N) is 2. The summed E-state index contributed by atoms with van der Waals surface area (Å²) < 4.78 is 5.49. The standard InChI is InChI=1S/C18H37N5O/c1-5-19-18(20-13-16-7-6-8-22(16)4)21-14-17(15(2)3)23-9-11-24-12-10-23/h15-17H,5-14H2,1-4H3,(H2,19,20,21). The van der Waals surface area contributed by atoms with Crippen LogP contribution in [-0.4, -0.2) is 87.4 Å². The van der Waals surface area contributed by atoms with Crippen molar-refractivity contribution in [2.24, 2.45) is 10.9 Å². The molecule has 2 unspecified atom stereocenters. The van der Waals surface area contributed by atoms with Crippen LogP contribution >= 0.6 is 0 Å². The molecule has 0 aromatic heterocycles. The fourth-order valence-corrected chi connectivity index (χ4v) is 3.64. The number of morpholine rings is 1. The van der Waals surface area contributed by atoms with Crippen molar-refractivity contribution in [3.8, 4) is 0 Å². The van der Waals surface area contributed by atoms with E-state index in [0.29, 0.717) is 18.0 Å². The fraction of sp³-hybridized carbons (Fsp3) is 0.944. The predicted molar refractivity (Wildman–Crippen MR) is 101 cm³/mol. The molecule has 0 saturated carbocycles. The highest BCUT2D eigenvalue weighted by Gasteiger charge is 2.24. The van der Waals surface area contributed by atoms with Crippen LogP contribution in [0.3, 0.4) is 0 Å². The van der Waals surface area contributed by atoms with Crippen LogP contribution in [0.2, 0.25) is 0 Å². The van der Waals surface area contributed by atoms with Crippen molar-refractivity contribution in [1.29, 1.82) is 0 Å². The van der Waals surface area contributed by atoms with Gasteiger partial charge in [0.25, 0.3) is 0 Å². The zero-order valence-electron chi connectivity index (χ0n) is 16.1. The zero-order valence-corrected chi connectivity index (χ0v) is 16.1. The minimum absolute atomic E-state index is 0.485. The fourth-order valence-electron chi connectivity index (χ4n) is 3.64. The molecule has 0 aliphatic carbocycles. The second kappa shape index (κ2) is 10.2. The number of hydrogen-bond acceptors (Lipinski definition) is 4. The number of ether oxygens (including phenoxy) is 1. The van der Waals surface area contributed by atoms with Crippen LogP contribution in [0.15, 0.2) is 4.99 Å². The van der Waals surface area contributed by atoms with Gasteiger partial charge in [0, 0.05) is 38.3 Å². The highest BCUT2D eigenvalue weighted by molar-refractivity contribution is 5.79. The molecule has 24 heavy (non-hydrogen) atoms. The van der Waals surface area contributed by atoms with Crippen molar-refractivity contribution in [2.45, 2.75) is 45.7 Å². The van der Waals surface area contributed by atoms with E-state index in [2.05, 4.69) is 48.3 Å². The van der Waals surface area contributed by atoms with Gasteiger partial charge in [-0.1, -0.05) is 13.8 Å². The normalized spacial score (nSPS) is 25.2. The number of likely N-dealkylation sites (tertiary alicyclic amines) is 1. The Morgan fingerprint density at radius 3 is 2.54 bits per heavy atom. The van der Waals surface area contributed by atoms with Crippen molar-refractivity contribution in [3.63, 3.8) is 0 Å². The molecule has 2 rings (SSSR count). The lowest BCUT2D eigenvalue weighted by atomic mass is 10.0. The van der Waals surface area contributed by atoms with Gasteiger partial charge in [-0.3, -0.25) is 9.89 Å². The van der Waals surface area contributed by atoms with Gasteiger partial charge in [0.1, 0.15) is 0 Å². The molecule has 0 radical (unpaired) electrons. The first-order valence-corrected chi connectivity index (χ1v) is 9.66. The van der Waals surface area contributed by atoms with Gasteiger partial charge in [-0.15, -0.1) is 0 Å². The smallest absolute Gasteiger partial charge is 0.191 e. The monoisotopic (exact) mass is 339 g/mol. The van der Waals surface area contributed by atoms with Gasteiger partial charge in [-0.2, -0.15) is 0 Å².